The Bertz CT molecular complexity index is 493. The van der Waals surface area contributed by atoms with Gasteiger partial charge in [0, 0.05) is 12.8 Å². The first-order chi connectivity index (χ1) is 12.2. The highest BCUT2D eigenvalue weighted by atomic mass is 16.4. The van der Waals surface area contributed by atoms with E-state index in [1.54, 1.807) is 12.2 Å². The monoisotopic (exact) mass is 344 g/mol. The Labute approximate surface area is 152 Å². The van der Waals surface area contributed by atoms with E-state index in [9.17, 15) is 9.59 Å². The van der Waals surface area contributed by atoms with Crippen LogP contribution < -0.4 is 0 Å². The van der Waals surface area contributed by atoms with Crippen molar-refractivity contribution in [2.24, 2.45) is 0 Å². The van der Waals surface area contributed by atoms with E-state index < -0.39 is 5.97 Å². The van der Waals surface area contributed by atoms with Crippen LogP contribution in [0.2, 0.25) is 0 Å². The summed E-state index contributed by atoms with van der Waals surface area (Å²) >= 11 is 0. The molecule has 0 aliphatic heterocycles. The van der Waals surface area contributed by atoms with Gasteiger partial charge in [0.05, 0.1) is 0 Å². The first-order valence-corrected chi connectivity index (χ1v) is 9.19. The molecule has 0 aromatic heterocycles. The second kappa shape index (κ2) is 18.2. The summed E-state index contributed by atoms with van der Waals surface area (Å²) in [5, 5.41) is 8.52. The molecule has 0 aliphatic rings. The molecule has 0 saturated carbocycles. The van der Waals surface area contributed by atoms with Gasteiger partial charge in [-0.2, -0.15) is 0 Å². The largest absolute Gasteiger partial charge is 0.481 e. The Kier molecular flexibility index (Phi) is 16.6. The lowest BCUT2D eigenvalue weighted by molar-refractivity contribution is -0.137. The third-order valence-electron chi connectivity index (χ3n) is 3.39. The van der Waals surface area contributed by atoms with Gasteiger partial charge in [0.25, 0.3) is 0 Å². The van der Waals surface area contributed by atoms with Crippen molar-refractivity contribution in [1.82, 2.24) is 0 Å². The van der Waals surface area contributed by atoms with Gasteiger partial charge in [0.15, 0.2) is 5.78 Å². The van der Waals surface area contributed by atoms with E-state index in [1.165, 1.54) is 0 Å². The van der Waals surface area contributed by atoms with Crippen molar-refractivity contribution >= 4 is 11.8 Å². The Morgan fingerprint density at radius 1 is 0.800 bits per heavy atom. The summed E-state index contributed by atoms with van der Waals surface area (Å²) in [5.74, 6) is -0.584. The van der Waals surface area contributed by atoms with Crippen LogP contribution >= 0.6 is 0 Å². The zero-order valence-electron chi connectivity index (χ0n) is 15.4. The topological polar surface area (TPSA) is 54.4 Å². The summed E-state index contributed by atoms with van der Waals surface area (Å²) in [5.41, 5.74) is 0. The summed E-state index contributed by atoms with van der Waals surface area (Å²) in [7, 11) is 0. The number of carbonyl (C=O) groups excluding carboxylic acids is 1. The van der Waals surface area contributed by atoms with E-state index in [4.69, 9.17) is 5.11 Å². The number of hydrogen-bond donors (Lipinski definition) is 1. The van der Waals surface area contributed by atoms with Crippen LogP contribution in [0.4, 0.5) is 0 Å². The van der Waals surface area contributed by atoms with E-state index in [1.807, 2.05) is 31.2 Å². The summed E-state index contributed by atoms with van der Waals surface area (Å²) < 4.78 is 0. The second-order valence-electron chi connectivity index (χ2n) is 5.74. The molecule has 25 heavy (non-hydrogen) atoms. The van der Waals surface area contributed by atoms with Crippen LogP contribution in [0.15, 0.2) is 60.8 Å². The van der Waals surface area contributed by atoms with E-state index in [2.05, 4.69) is 24.3 Å². The van der Waals surface area contributed by atoms with Gasteiger partial charge in [-0.25, -0.2) is 0 Å². The fraction of sp³-hybridized carbons (Fsp3) is 0.455. The summed E-state index contributed by atoms with van der Waals surface area (Å²) in [6, 6.07) is 0. The number of unbranched alkanes of at least 4 members (excludes halogenated alkanes) is 3. The molecule has 0 saturated heterocycles. The predicted molar refractivity (Wildman–Crippen MR) is 106 cm³/mol. The van der Waals surface area contributed by atoms with Crippen molar-refractivity contribution in [3.05, 3.63) is 60.8 Å². The zero-order chi connectivity index (χ0) is 18.6. The number of allylic oxidation sites excluding steroid dienone is 10. The fourth-order valence-electron chi connectivity index (χ4n) is 2.03. The number of carbonyl (C=O) groups is 2. The maximum atomic E-state index is 11.4. The highest BCUT2D eigenvalue weighted by Gasteiger charge is 1.94. The van der Waals surface area contributed by atoms with Crippen molar-refractivity contribution in [3.8, 4) is 0 Å². The number of rotatable bonds is 15. The van der Waals surface area contributed by atoms with Gasteiger partial charge in [-0.15, -0.1) is 0 Å². The van der Waals surface area contributed by atoms with Crippen LogP contribution in [0.5, 0.6) is 0 Å². The first-order valence-electron chi connectivity index (χ1n) is 9.19. The smallest absolute Gasteiger partial charge is 0.303 e. The minimum absolute atomic E-state index is 0.123. The van der Waals surface area contributed by atoms with Crippen molar-refractivity contribution in [2.75, 3.05) is 0 Å². The van der Waals surface area contributed by atoms with Gasteiger partial charge >= 0.3 is 5.97 Å². The minimum atomic E-state index is -0.707. The molecule has 0 bridgehead atoms. The maximum absolute atomic E-state index is 11.4. The Morgan fingerprint density at radius 3 is 2.24 bits per heavy atom. The highest BCUT2D eigenvalue weighted by molar-refractivity contribution is 5.90. The predicted octanol–water partition coefficient (Wildman–Crippen LogP) is 5.95. The van der Waals surface area contributed by atoms with Crippen LogP contribution in [0.25, 0.3) is 0 Å². The van der Waals surface area contributed by atoms with E-state index in [0.29, 0.717) is 6.42 Å². The third kappa shape index (κ3) is 19.8. The van der Waals surface area contributed by atoms with Crippen molar-refractivity contribution in [1.29, 1.82) is 0 Å². The second-order valence-corrected chi connectivity index (χ2v) is 5.74. The standard InChI is InChI=1S/C22H32O3/c1-2-3-15-18-21(23)19-16-13-11-9-7-5-4-6-8-10-12-14-17-20-22(24)25/h3,5-8,11,13,15-16,19H,2,4,9-10,12,14,17-18,20H2,1H3,(H,24,25)/b7-5-,8-6-,13-11-,15-3-,19-16?. The van der Waals surface area contributed by atoms with Crippen LogP contribution in [-0.2, 0) is 9.59 Å². The molecule has 3 heteroatoms. The molecule has 0 heterocycles. The Balaban J connectivity index is 3.58. The van der Waals surface area contributed by atoms with Gasteiger partial charge in [-0.3, -0.25) is 9.59 Å². The summed E-state index contributed by atoms with van der Waals surface area (Å²) in [6.07, 6.45) is 27.1. The normalized spacial score (nSPS) is 12.5. The molecule has 138 valence electrons. The van der Waals surface area contributed by atoms with E-state index in [0.717, 1.165) is 44.9 Å². The minimum Gasteiger partial charge on any atom is -0.481 e. The molecule has 1 N–H and O–H groups in total. The lowest BCUT2D eigenvalue weighted by Gasteiger charge is -1.94. The van der Waals surface area contributed by atoms with Gasteiger partial charge in [-0.05, 0) is 44.6 Å². The molecule has 0 aliphatic carbocycles. The van der Waals surface area contributed by atoms with E-state index >= 15 is 0 Å². The van der Waals surface area contributed by atoms with E-state index in [-0.39, 0.29) is 12.2 Å². The van der Waals surface area contributed by atoms with Crippen LogP contribution in [0, 0.1) is 0 Å². The van der Waals surface area contributed by atoms with Gasteiger partial charge in [-0.1, -0.05) is 68.0 Å². The number of aliphatic carboxylic acids is 1. The van der Waals surface area contributed by atoms with Gasteiger partial charge in [0.1, 0.15) is 0 Å². The molecule has 0 spiro atoms. The van der Waals surface area contributed by atoms with Crippen molar-refractivity contribution in [2.45, 2.75) is 64.7 Å². The molecular formula is C22H32O3. The summed E-state index contributed by atoms with van der Waals surface area (Å²) in [4.78, 5) is 21.8. The average Bonchev–Trinajstić information content (AvgIpc) is 2.58. The highest BCUT2D eigenvalue weighted by Crippen LogP contribution is 2.04. The Hall–Kier alpha value is -2.16. The molecule has 3 nitrogen and oxygen atoms in total. The summed E-state index contributed by atoms with van der Waals surface area (Å²) in [6.45, 7) is 2.05. The lowest BCUT2D eigenvalue weighted by atomic mass is 10.1. The maximum Gasteiger partial charge on any atom is 0.303 e. The first kappa shape index (κ1) is 22.8. The van der Waals surface area contributed by atoms with Crippen LogP contribution in [-0.4, -0.2) is 16.9 Å². The molecule has 0 fully saturated rings. The SMILES string of the molecule is CC/C=C\CC(=O)C=C/C=C\C/C=C\C/C=C\CCCCCC(=O)O. The number of hydrogen-bond acceptors (Lipinski definition) is 2. The molecule has 0 aromatic rings. The fourth-order valence-corrected chi connectivity index (χ4v) is 2.03. The van der Waals surface area contributed by atoms with Crippen molar-refractivity contribution in [3.63, 3.8) is 0 Å². The van der Waals surface area contributed by atoms with Crippen LogP contribution in [0.1, 0.15) is 64.7 Å². The van der Waals surface area contributed by atoms with Crippen LogP contribution in [0.3, 0.4) is 0 Å². The zero-order valence-corrected chi connectivity index (χ0v) is 15.4. The quantitative estimate of drug-likeness (QED) is 0.173. The van der Waals surface area contributed by atoms with Crippen molar-refractivity contribution < 1.29 is 14.7 Å². The number of carboxylic acids is 1. The molecule has 0 radical (unpaired) electrons. The molecule has 0 amide bonds. The molecule has 0 atom stereocenters. The third-order valence-corrected chi connectivity index (χ3v) is 3.39. The number of carboxylic acid groups (broad SMARTS) is 1. The Morgan fingerprint density at radius 2 is 1.52 bits per heavy atom. The molecular weight excluding hydrogens is 312 g/mol. The lowest BCUT2D eigenvalue weighted by Crippen LogP contribution is -1.93. The molecule has 0 unspecified atom stereocenters. The average molecular weight is 344 g/mol. The number of ketones is 1. The molecule has 0 aromatic carbocycles. The molecule has 0 rings (SSSR count). The van der Waals surface area contributed by atoms with Gasteiger partial charge < -0.3 is 5.11 Å². The van der Waals surface area contributed by atoms with Gasteiger partial charge in [0.2, 0.25) is 0 Å².